The molecule has 0 bridgehead atoms. The molecule has 13 heavy (non-hydrogen) atoms. The summed E-state index contributed by atoms with van der Waals surface area (Å²) in [5.41, 5.74) is 2.13. The number of imidazole rings is 1. The van der Waals surface area contributed by atoms with Crippen molar-refractivity contribution in [2.24, 2.45) is 7.05 Å². The van der Waals surface area contributed by atoms with Gasteiger partial charge in [0, 0.05) is 25.6 Å². The Balaban J connectivity index is 2.53. The zero-order valence-electron chi connectivity index (χ0n) is 7.73. The van der Waals surface area contributed by atoms with E-state index in [1.807, 2.05) is 36.9 Å². The first-order valence-corrected chi connectivity index (χ1v) is 4.18. The van der Waals surface area contributed by atoms with E-state index in [0.29, 0.717) is 0 Å². The fraction of sp³-hybridized carbons (Fsp3) is 0.200. The third-order valence-electron chi connectivity index (χ3n) is 1.97. The third-order valence-corrected chi connectivity index (χ3v) is 1.97. The predicted molar refractivity (Wildman–Crippen MR) is 51.2 cm³/mol. The molecule has 0 fully saturated rings. The number of nitrogens with zero attached hydrogens (tertiary/aromatic N) is 3. The van der Waals surface area contributed by atoms with E-state index in [1.165, 1.54) is 5.56 Å². The minimum absolute atomic E-state index is 0.906. The molecule has 2 rings (SSSR count). The number of aryl methyl sites for hydroxylation is 2. The number of rotatable bonds is 1. The average molecular weight is 173 g/mol. The summed E-state index contributed by atoms with van der Waals surface area (Å²) in [5.74, 6) is 0.906. The molecule has 0 aliphatic carbocycles. The average Bonchev–Trinajstić information content (AvgIpc) is 2.51. The van der Waals surface area contributed by atoms with Crippen LogP contribution in [0.2, 0.25) is 0 Å². The van der Waals surface area contributed by atoms with Crippen LogP contribution in [0.1, 0.15) is 5.56 Å². The summed E-state index contributed by atoms with van der Waals surface area (Å²) in [5, 5.41) is 0. The van der Waals surface area contributed by atoms with Crippen LogP contribution in [0.25, 0.3) is 11.5 Å². The molecule has 3 heteroatoms. The van der Waals surface area contributed by atoms with E-state index in [4.69, 9.17) is 0 Å². The second kappa shape index (κ2) is 3.01. The highest BCUT2D eigenvalue weighted by Gasteiger charge is 2.03. The summed E-state index contributed by atoms with van der Waals surface area (Å²) < 4.78 is 1.96. The Bertz CT molecular complexity index is 418. The van der Waals surface area contributed by atoms with E-state index in [1.54, 1.807) is 12.4 Å². The second-order valence-electron chi connectivity index (χ2n) is 3.08. The minimum Gasteiger partial charge on any atom is -0.333 e. The van der Waals surface area contributed by atoms with Crippen LogP contribution in [0.3, 0.4) is 0 Å². The van der Waals surface area contributed by atoms with E-state index in [9.17, 15) is 0 Å². The lowest BCUT2D eigenvalue weighted by Crippen LogP contribution is -1.93. The highest BCUT2D eigenvalue weighted by Crippen LogP contribution is 2.13. The van der Waals surface area contributed by atoms with Crippen LogP contribution in [-0.4, -0.2) is 14.5 Å². The molecule has 0 N–H and O–H groups in total. The highest BCUT2D eigenvalue weighted by atomic mass is 15.0. The van der Waals surface area contributed by atoms with Crippen molar-refractivity contribution in [2.75, 3.05) is 0 Å². The van der Waals surface area contributed by atoms with Gasteiger partial charge in [-0.1, -0.05) is 0 Å². The molecule has 0 aromatic carbocycles. The van der Waals surface area contributed by atoms with Gasteiger partial charge in [-0.25, -0.2) is 4.98 Å². The van der Waals surface area contributed by atoms with Crippen LogP contribution in [0.15, 0.2) is 30.7 Å². The first-order valence-electron chi connectivity index (χ1n) is 4.18. The zero-order valence-corrected chi connectivity index (χ0v) is 7.73. The van der Waals surface area contributed by atoms with Gasteiger partial charge < -0.3 is 4.57 Å². The van der Waals surface area contributed by atoms with Gasteiger partial charge in [0.1, 0.15) is 5.69 Å². The first-order chi connectivity index (χ1) is 6.27. The topological polar surface area (TPSA) is 30.7 Å². The number of hydrogen-bond donors (Lipinski definition) is 0. The molecule has 0 saturated heterocycles. The molecule has 0 unspecified atom stereocenters. The molecule has 66 valence electrons. The zero-order chi connectivity index (χ0) is 9.26. The van der Waals surface area contributed by atoms with E-state index in [-0.39, 0.29) is 0 Å². The number of hydrogen-bond acceptors (Lipinski definition) is 2. The molecule has 2 aromatic heterocycles. The van der Waals surface area contributed by atoms with Crippen molar-refractivity contribution in [3.63, 3.8) is 0 Å². The molecule has 3 nitrogen and oxygen atoms in total. The minimum atomic E-state index is 0.906. The summed E-state index contributed by atoms with van der Waals surface area (Å²) >= 11 is 0. The lowest BCUT2D eigenvalue weighted by Gasteiger charge is -2.00. The number of pyridine rings is 1. The Labute approximate surface area is 77.1 Å². The second-order valence-corrected chi connectivity index (χ2v) is 3.08. The van der Waals surface area contributed by atoms with Crippen molar-refractivity contribution >= 4 is 0 Å². The monoisotopic (exact) mass is 173 g/mol. The Hall–Kier alpha value is -1.64. The van der Waals surface area contributed by atoms with E-state index < -0.39 is 0 Å². The summed E-state index contributed by atoms with van der Waals surface area (Å²) in [6, 6.07) is 4.01. The molecule has 2 aromatic rings. The van der Waals surface area contributed by atoms with Gasteiger partial charge in [0.15, 0.2) is 5.82 Å². The van der Waals surface area contributed by atoms with Gasteiger partial charge in [0.05, 0.1) is 0 Å². The van der Waals surface area contributed by atoms with Crippen LogP contribution in [0.4, 0.5) is 0 Å². The summed E-state index contributed by atoms with van der Waals surface area (Å²) in [7, 11) is 1.96. The van der Waals surface area contributed by atoms with Gasteiger partial charge in [0.25, 0.3) is 0 Å². The van der Waals surface area contributed by atoms with E-state index in [2.05, 4.69) is 9.97 Å². The van der Waals surface area contributed by atoms with Crippen LogP contribution in [-0.2, 0) is 7.05 Å². The van der Waals surface area contributed by atoms with Crippen molar-refractivity contribution in [1.82, 2.24) is 14.5 Å². The normalized spacial score (nSPS) is 10.3. The lowest BCUT2D eigenvalue weighted by atomic mass is 10.2. The van der Waals surface area contributed by atoms with Crippen LogP contribution < -0.4 is 0 Å². The molecule has 0 amide bonds. The Morgan fingerprint density at radius 3 is 2.69 bits per heavy atom. The number of aromatic nitrogens is 3. The molecule has 0 atom stereocenters. The molecule has 0 aliphatic heterocycles. The molecular weight excluding hydrogens is 162 g/mol. The fourth-order valence-corrected chi connectivity index (χ4v) is 1.27. The lowest BCUT2D eigenvalue weighted by molar-refractivity contribution is 0.917. The Morgan fingerprint density at radius 2 is 2.08 bits per heavy atom. The highest BCUT2D eigenvalue weighted by molar-refractivity contribution is 5.50. The van der Waals surface area contributed by atoms with Gasteiger partial charge in [0.2, 0.25) is 0 Å². The van der Waals surface area contributed by atoms with Gasteiger partial charge in [-0.15, -0.1) is 0 Å². The predicted octanol–water partition coefficient (Wildman–Crippen LogP) is 1.79. The largest absolute Gasteiger partial charge is 0.333 e. The molecule has 0 saturated carbocycles. The van der Waals surface area contributed by atoms with Crippen molar-refractivity contribution < 1.29 is 0 Å². The molecule has 0 radical (unpaired) electrons. The van der Waals surface area contributed by atoms with Gasteiger partial charge in [-0.2, -0.15) is 0 Å². The van der Waals surface area contributed by atoms with Crippen molar-refractivity contribution in [1.29, 1.82) is 0 Å². The molecular formula is C10H11N3. The van der Waals surface area contributed by atoms with Crippen molar-refractivity contribution in [3.8, 4) is 11.5 Å². The molecule has 2 heterocycles. The fourth-order valence-electron chi connectivity index (χ4n) is 1.27. The SMILES string of the molecule is Cc1ccnc(-c2nccn2C)c1. The van der Waals surface area contributed by atoms with Gasteiger partial charge >= 0.3 is 0 Å². The maximum absolute atomic E-state index is 4.26. The summed E-state index contributed by atoms with van der Waals surface area (Å²) in [4.78, 5) is 8.49. The third kappa shape index (κ3) is 1.45. The van der Waals surface area contributed by atoms with Crippen LogP contribution in [0, 0.1) is 6.92 Å². The smallest absolute Gasteiger partial charge is 0.158 e. The quantitative estimate of drug-likeness (QED) is 0.658. The van der Waals surface area contributed by atoms with Crippen molar-refractivity contribution in [2.45, 2.75) is 6.92 Å². The van der Waals surface area contributed by atoms with Gasteiger partial charge in [-0.05, 0) is 24.6 Å². The maximum Gasteiger partial charge on any atom is 0.158 e. The van der Waals surface area contributed by atoms with Crippen LogP contribution >= 0.6 is 0 Å². The van der Waals surface area contributed by atoms with Gasteiger partial charge in [-0.3, -0.25) is 4.98 Å². The van der Waals surface area contributed by atoms with Crippen LogP contribution in [0.5, 0.6) is 0 Å². The Morgan fingerprint density at radius 1 is 1.23 bits per heavy atom. The van der Waals surface area contributed by atoms with E-state index >= 15 is 0 Å². The maximum atomic E-state index is 4.26. The molecule has 0 spiro atoms. The van der Waals surface area contributed by atoms with Crippen molar-refractivity contribution in [3.05, 3.63) is 36.3 Å². The molecule has 0 aliphatic rings. The Kier molecular flexibility index (Phi) is 1.85. The summed E-state index contributed by atoms with van der Waals surface area (Å²) in [6.45, 7) is 2.05. The van der Waals surface area contributed by atoms with E-state index in [0.717, 1.165) is 11.5 Å². The standard InChI is InChI=1S/C10H11N3/c1-8-3-4-11-9(7-8)10-12-5-6-13(10)2/h3-7H,1-2H3. The first kappa shape index (κ1) is 7.98. The summed E-state index contributed by atoms with van der Waals surface area (Å²) in [6.07, 6.45) is 5.50.